The molecule has 2 heterocycles. The van der Waals surface area contributed by atoms with E-state index in [2.05, 4.69) is 21.7 Å². The molecule has 1 amide bonds. The van der Waals surface area contributed by atoms with Gasteiger partial charge in [0.15, 0.2) is 0 Å². The zero-order chi connectivity index (χ0) is 20.5. The molecule has 1 aromatic heterocycles. The Morgan fingerprint density at radius 1 is 1.38 bits per heavy atom. The van der Waals surface area contributed by atoms with Crippen molar-refractivity contribution in [2.75, 3.05) is 44.7 Å². The highest BCUT2D eigenvalue weighted by Gasteiger charge is 2.14. The van der Waals surface area contributed by atoms with Crippen molar-refractivity contribution in [2.24, 2.45) is 0 Å². The van der Waals surface area contributed by atoms with Crippen molar-refractivity contribution in [1.82, 2.24) is 10.3 Å². The molecule has 0 saturated carbocycles. The lowest BCUT2D eigenvalue weighted by Gasteiger charge is -2.23. The van der Waals surface area contributed by atoms with Crippen LogP contribution in [0.15, 0.2) is 35.8 Å². The van der Waals surface area contributed by atoms with Crippen LogP contribution in [0.3, 0.4) is 0 Å². The maximum absolute atomic E-state index is 12.6. The molecule has 1 aliphatic rings. The van der Waals surface area contributed by atoms with E-state index in [0.29, 0.717) is 28.4 Å². The van der Waals surface area contributed by atoms with E-state index in [-0.39, 0.29) is 5.91 Å². The lowest BCUT2D eigenvalue weighted by atomic mass is 10.1. The molecule has 0 aliphatic carbocycles. The number of hydrogen-bond acceptors (Lipinski definition) is 6. The molecule has 3 N–H and O–H groups in total. The first-order chi connectivity index (χ1) is 14.2. The molecule has 1 fully saturated rings. The number of benzene rings is 1. The average molecular weight is 413 g/mol. The number of carbonyl (C=O) groups excluding carboxylic acids is 1. The number of hydrogen-bond donors (Lipinski definition) is 3. The van der Waals surface area contributed by atoms with Crippen LogP contribution in [0.2, 0.25) is 0 Å². The summed E-state index contributed by atoms with van der Waals surface area (Å²) in [5.74, 6) is -0.123. The Bertz CT molecular complexity index is 896. The Balaban J connectivity index is 1.57. The van der Waals surface area contributed by atoms with E-state index in [1.807, 2.05) is 30.5 Å². The van der Waals surface area contributed by atoms with Crippen LogP contribution in [-0.4, -0.2) is 50.3 Å². The number of anilines is 1. The highest BCUT2D eigenvalue weighted by atomic mass is 32.1. The van der Waals surface area contributed by atoms with Crippen LogP contribution in [0.4, 0.5) is 5.69 Å². The molecule has 0 unspecified atom stereocenters. The predicted molar refractivity (Wildman–Crippen MR) is 114 cm³/mol. The van der Waals surface area contributed by atoms with Gasteiger partial charge >= 0.3 is 0 Å². The summed E-state index contributed by atoms with van der Waals surface area (Å²) in [5.41, 5.74) is 2.52. The molecule has 8 heteroatoms. The highest BCUT2D eigenvalue weighted by Crippen LogP contribution is 2.20. The molecule has 0 spiro atoms. The topological polar surface area (TPSA) is 91.5 Å². The summed E-state index contributed by atoms with van der Waals surface area (Å²) in [5, 5.41) is 18.1. The summed E-state index contributed by atoms with van der Waals surface area (Å²) in [7, 11) is 0. The maximum Gasteiger partial charge on any atom is 0.253 e. The number of nitrogens with one attached hydrogen (secondary N) is 3. The number of ether oxygens (including phenoxy) is 1. The van der Waals surface area contributed by atoms with Gasteiger partial charge in [-0.25, -0.2) is 4.98 Å². The van der Waals surface area contributed by atoms with Crippen molar-refractivity contribution >= 4 is 28.5 Å². The largest absolute Gasteiger partial charge is 0.370 e. The van der Waals surface area contributed by atoms with Crippen LogP contribution < -0.4 is 15.5 Å². The van der Waals surface area contributed by atoms with Crippen LogP contribution in [-0.2, 0) is 4.74 Å². The van der Waals surface area contributed by atoms with Crippen molar-refractivity contribution in [1.29, 1.82) is 5.26 Å². The van der Waals surface area contributed by atoms with Gasteiger partial charge < -0.3 is 20.3 Å². The SMILES string of the molecule is Cc1csc(/C(C#N)=C/Nc2ccccc2C(=O)NCCC[NH+]2CCOCC2)n1. The molecule has 3 rings (SSSR count). The molecule has 0 atom stereocenters. The third-order valence-corrected chi connectivity index (χ3v) is 5.70. The van der Waals surface area contributed by atoms with E-state index in [0.717, 1.165) is 45.0 Å². The minimum Gasteiger partial charge on any atom is -0.370 e. The number of allylic oxidation sites excluding steroid dienone is 1. The monoisotopic (exact) mass is 412 g/mol. The smallest absolute Gasteiger partial charge is 0.253 e. The minimum absolute atomic E-state index is 0.123. The van der Waals surface area contributed by atoms with Crippen molar-refractivity contribution in [3.05, 3.63) is 52.1 Å². The lowest BCUT2D eigenvalue weighted by molar-refractivity contribution is -0.908. The molecule has 0 bridgehead atoms. The number of morpholine rings is 1. The lowest BCUT2D eigenvalue weighted by Crippen LogP contribution is -3.14. The van der Waals surface area contributed by atoms with Gasteiger partial charge in [0.05, 0.1) is 31.0 Å². The number of rotatable bonds is 8. The fourth-order valence-electron chi connectivity index (χ4n) is 3.12. The van der Waals surface area contributed by atoms with Crippen molar-refractivity contribution in [3.8, 4) is 6.07 Å². The van der Waals surface area contributed by atoms with Crippen molar-refractivity contribution in [2.45, 2.75) is 13.3 Å². The van der Waals surface area contributed by atoms with Gasteiger partial charge in [-0.15, -0.1) is 11.3 Å². The number of nitriles is 1. The third-order valence-electron chi connectivity index (χ3n) is 4.71. The Kier molecular flexibility index (Phi) is 7.76. The molecular formula is C21H26N5O2S+. The number of amides is 1. The zero-order valence-electron chi connectivity index (χ0n) is 16.5. The zero-order valence-corrected chi connectivity index (χ0v) is 17.3. The van der Waals surface area contributed by atoms with Crippen LogP contribution in [0, 0.1) is 18.3 Å². The molecule has 29 heavy (non-hydrogen) atoms. The summed E-state index contributed by atoms with van der Waals surface area (Å²) in [6, 6.07) is 9.45. The van der Waals surface area contributed by atoms with Gasteiger partial charge in [-0.05, 0) is 19.1 Å². The normalized spacial score (nSPS) is 15.0. The molecule has 152 valence electrons. The second-order valence-electron chi connectivity index (χ2n) is 6.88. The van der Waals surface area contributed by atoms with Crippen molar-refractivity contribution < 1.29 is 14.4 Å². The predicted octanol–water partition coefficient (Wildman–Crippen LogP) is 1.46. The van der Waals surface area contributed by atoms with Gasteiger partial charge in [0.2, 0.25) is 0 Å². The standard InChI is InChI=1S/C21H25N5O2S/c1-16-15-29-21(25-16)17(13-22)14-24-19-6-3-2-5-18(19)20(27)23-7-4-8-26-9-11-28-12-10-26/h2-3,5-6,14-15,24H,4,7-12H2,1H3,(H,23,27)/p+1/b17-14+. The Morgan fingerprint density at radius 3 is 2.90 bits per heavy atom. The maximum atomic E-state index is 12.6. The van der Waals surface area contributed by atoms with E-state index in [1.54, 1.807) is 12.3 Å². The number of thiazole rings is 1. The molecule has 7 nitrogen and oxygen atoms in total. The van der Waals surface area contributed by atoms with Crippen LogP contribution in [0.1, 0.15) is 27.5 Å². The first-order valence-electron chi connectivity index (χ1n) is 9.75. The second-order valence-corrected chi connectivity index (χ2v) is 7.73. The summed E-state index contributed by atoms with van der Waals surface area (Å²) in [6.45, 7) is 7.27. The quantitative estimate of drug-likeness (QED) is 0.451. The highest BCUT2D eigenvalue weighted by molar-refractivity contribution is 7.10. The number of para-hydroxylation sites is 1. The Morgan fingerprint density at radius 2 is 2.17 bits per heavy atom. The van der Waals surface area contributed by atoms with Gasteiger partial charge in [-0.1, -0.05) is 12.1 Å². The average Bonchev–Trinajstić information content (AvgIpc) is 3.18. The van der Waals surface area contributed by atoms with Crippen molar-refractivity contribution in [3.63, 3.8) is 0 Å². The van der Waals surface area contributed by atoms with E-state index in [4.69, 9.17) is 4.74 Å². The number of carbonyl (C=O) groups is 1. The number of quaternary nitrogens is 1. The third kappa shape index (κ3) is 6.12. The molecule has 1 aromatic carbocycles. The molecular weight excluding hydrogens is 386 g/mol. The Labute approximate surface area is 175 Å². The minimum atomic E-state index is -0.123. The number of nitrogens with zero attached hydrogens (tertiary/aromatic N) is 2. The van der Waals surface area contributed by atoms with E-state index >= 15 is 0 Å². The molecule has 2 aromatic rings. The van der Waals surface area contributed by atoms with Gasteiger partial charge in [0, 0.05) is 30.2 Å². The summed E-state index contributed by atoms with van der Waals surface area (Å²) in [4.78, 5) is 18.5. The van der Waals surface area contributed by atoms with E-state index in [9.17, 15) is 10.1 Å². The number of aromatic nitrogens is 1. The fourth-order valence-corrected chi connectivity index (χ4v) is 3.89. The van der Waals surface area contributed by atoms with Crippen LogP contribution >= 0.6 is 11.3 Å². The van der Waals surface area contributed by atoms with Crippen LogP contribution in [0.25, 0.3) is 5.57 Å². The van der Waals surface area contributed by atoms with Gasteiger partial charge in [-0.2, -0.15) is 5.26 Å². The van der Waals surface area contributed by atoms with Gasteiger partial charge in [-0.3, -0.25) is 4.79 Å². The van der Waals surface area contributed by atoms with E-state index < -0.39 is 0 Å². The molecule has 1 aliphatic heterocycles. The van der Waals surface area contributed by atoms with Gasteiger partial charge in [0.1, 0.15) is 29.7 Å². The molecule has 1 saturated heterocycles. The van der Waals surface area contributed by atoms with E-state index in [1.165, 1.54) is 16.2 Å². The fraction of sp³-hybridized carbons (Fsp3) is 0.381. The first kappa shape index (κ1) is 21.0. The van der Waals surface area contributed by atoms with Gasteiger partial charge in [0.25, 0.3) is 5.91 Å². The Hall–Kier alpha value is -2.73. The first-order valence-corrected chi connectivity index (χ1v) is 10.6. The molecule has 0 radical (unpaired) electrons. The summed E-state index contributed by atoms with van der Waals surface area (Å²) >= 11 is 1.42. The summed E-state index contributed by atoms with van der Waals surface area (Å²) < 4.78 is 5.37. The number of aryl methyl sites for hydroxylation is 1. The summed E-state index contributed by atoms with van der Waals surface area (Å²) in [6.07, 6.45) is 2.53. The second kappa shape index (κ2) is 10.7. The van der Waals surface area contributed by atoms with Crippen LogP contribution in [0.5, 0.6) is 0 Å².